The summed E-state index contributed by atoms with van der Waals surface area (Å²) in [5.74, 6) is -2.51. The predicted octanol–water partition coefficient (Wildman–Crippen LogP) is 1.13. The number of aromatic nitrogens is 1. The number of amides is 2. The number of rotatable bonds is 3. The average Bonchev–Trinajstić information content (AvgIpc) is 2.70. The first-order chi connectivity index (χ1) is 13.9. The smallest absolute Gasteiger partial charge is 0.276 e. The second-order valence-corrected chi connectivity index (χ2v) is 7.18. The zero-order valence-electron chi connectivity index (χ0n) is 15.8. The van der Waals surface area contributed by atoms with Gasteiger partial charge in [-0.3, -0.25) is 14.4 Å². The van der Waals surface area contributed by atoms with Crippen molar-refractivity contribution < 1.29 is 23.8 Å². The number of fused-ring (bicyclic) bond motifs is 2. The zero-order chi connectivity index (χ0) is 20.7. The standard InChI is InChI=1S/C20H20FN3O5/c1-11-3-4-12(14(21)7-11)8-22-19(27)13-9-23-10-15-24(5-2-6-29-15)20(28)16(23)18(26)17(13)25/h3-4,7,9,15,26H,2,5-6,8,10H2,1H3,(H,22,27). The van der Waals surface area contributed by atoms with Gasteiger partial charge in [0, 0.05) is 24.8 Å². The number of ether oxygens (including phenoxy) is 1. The van der Waals surface area contributed by atoms with Gasteiger partial charge in [0.15, 0.2) is 17.7 Å². The minimum atomic E-state index is -0.942. The molecular weight excluding hydrogens is 381 g/mol. The molecule has 1 aromatic heterocycles. The molecule has 9 heteroatoms. The largest absolute Gasteiger partial charge is 0.503 e. The SMILES string of the molecule is Cc1ccc(CNC(=O)c2cn3c(c(O)c2=O)C(=O)N2CCCOC2C3)c(F)c1. The Kier molecular flexibility index (Phi) is 4.83. The summed E-state index contributed by atoms with van der Waals surface area (Å²) in [4.78, 5) is 39.2. The van der Waals surface area contributed by atoms with Crippen LogP contribution >= 0.6 is 0 Å². The first-order valence-electron chi connectivity index (χ1n) is 9.29. The fraction of sp³-hybridized carbons (Fsp3) is 0.350. The van der Waals surface area contributed by atoms with Gasteiger partial charge < -0.3 is 24.6 Å². The first-order valence-corrected chi connectivity index (χ1v) is 9.29. The number of hydrogen-bond acceptors (Lipinski definition) is 5. The quantitative estimate of drug-likeness (QED) is 0.803. The molecular formula is C20H20FN3O5. The van der Waals surface area contributed by atoms with Crippen LogP contribution in [-0.2, 0) is 17.8 Å². The Morgan fingerprint density at radius 2 is 2.17 bits per heavy atom. The minimum absolute atomic E-state index is 0.120. The number of nitrogens with one attached hydrogen (secondary N) is 1. The third-order valence-corrected chi connectivity index (χ3v) is 5.17. The molecule has 1 unspecified atom stereocenters. The second kappa shape index (κ2) is 7.32. The van der Waals surface area contributed by atoms with E-state index in [1.807, 2.05) is 0 Å². The van der Waals surface area contributed by atoms with Crippen LogP contribution in [0.15, 0.2) is 29.2 Å². The van der Waals surface area contributed by atoms with Crippen molar-refractivity contribution in [3.63, 3.8) is 0 Å². The highest BCUT2D eigenvalue weighted by Gasteiger charge is 2.38. The summed E-state index contributed by atoms with van der Waals surface area (Å²) in [6.07, 6.45) is 1.40. The molecule has 29 heavy (non-hydrogen) atoms. The van der Waals surface area contributed by atoms with Crippen LogP contribution in [-0.4, -0.2) is 45.8 Å². The highest BCUT2D eigenvalue weighted by Crippen LogP contribution is 2.26. The molecule has 1 saturated heterocycles. The molecule has 4 rings (SSSR count). The van der Waals surface area contributed by atoms with Crippen molar-refractivity contribution in [2.45, 2.75) is 32.7 Å². The van der Waals surface area contributed by atoms with Gasteiger partial charge in [0.1, 0.15) is 11.4 Å². The Hall–Kier alpha value is -3.20. The lowest BCUT2D eigenvalue weighted by Gasteiger charge is -2.40. The maximum atomic E-state index is 14.0. The van der Waals surface area contributed by atoms with E-state index in [0.717, 1.165) is 5.56 Å². The molecule has 2 N–H and O–H groups in total. The lowest BCUT2D eigenvalue weighted by atomic mass is 10.1. The van der Waals surface area contributed by atoms with Gasteiger partial charge in [0.25, 0.3) is 11.8 Å². The van der Waals surface area contributed by atoms with Crippen LogP contribution in [0.4, 0.5) is 4.39 Å². The Labute approximate surface area is 165 Å². The van der Waals surface area contributed by atoms with Gasteiger partial charge in [0.2, 0.25) is 5.43 Å². The molecule has 1 aromatic carbocycles. The van der Waals surface area contributed by atoms with Crippen molar-refractivity contribution >= 4 is 11.8 Å². The molecule has 152 valence electrons. The maximum Gasteiger partial charge on any atom is 0.276 e. The Morgan fingerprint density at radius 1 is 1.38 bits per heavy atom. The molecule has 0 spiro atoms. The van der Waals surface area contributed by atoms with Gasteiger partial charge in [0.05, 0.1) is 13.2 Å². The van der Waals surface area contributed by atoms with Crippen LogP contribution < -0.4 is 10.7 Å². The van der Waals surface area contributed by atoms with Gasteiger partial charge >= 0.3 is 0 Å². The highest BCUT2D eigenvalue weighted by atomic mass is 19.1. The normalized spacial score (nSPS) is 18.2. The van der Waals surface area contributed by atoms with E-state index in [1.54, 1.807) is 19.1 Å². The summed E-state index contributed by atoms with van der Waals surface area (Å²) in [5, 5.41) is 12.8. The van der Waals surface area contributed by atoms with Gasteiger partial charge in [-0.25, -0.2) is 4.39 Å². The molecule has 0 saturated carbocycles. The number of hydrogen-bond donors (Lipinski definition) is 2. The number of aromatic hydroxyl groups is 1. The van der Waals surface area contributed by atoms with Gasteiger partial charge in [-0.05, 0) is 25.0 Å². The number of nitrogens with zero attached hydrogens (tertiary/aromatic N) is 2. The number of benzene rings is 1. The van der Waals surface area contributed by atoms with E-state index >= 15 is 0 Å². The van der Waals surface area contributed by atoms with Crippen molar-refractivity contribution in [2.24, 2.45) is 0 Å². The highest BCUT2D eigenvalue weighted by molar-refractivity contribution is 5.99. The lowest BCUT2D eigenvalue weighted by molar-refractivity contribution is -0.0920. The summed E-state index contributed by atoms with van der Waals surface area (Å²) >= 11 is 0. The summed E-state index contributed by atoms with van der Waals surface area (Å²) in [5.41, 5.74) is -0.400. The number of pyridine rings is 1. The summed E-state index contributed by atoms with van der Waals surface area (Å²) in [6.45, 7) is 2.81. The number of carbonyl (C=O) groups excluding carboxylic acids is 2. The van der Waals surface area contributed by atoms with E-state index < -0.39 is 35.0 Å². The number of halogens is 1. The predicted molar refractivity (Wildman–Crippen MR) is 100 cm³/mol. The van der Waals surface area contributed by atoms with Crippen LogP contribution in [0.5, 0.6) is 5.75 Å². The molecule has 0 aliphatic carbocycles. The maximum absolute atomic E-state index is 14.0. The number of aryl methyl sites for hydroxylation is 1. The molecule has 2 aromatic rings. The van der Waals surface area contributed by atoms with Crippen LogP contribution in [0, 0.1) is 12.7 Å². The van der Waals surface area contributed by atoms with Crippen LogP contribution in [0.1, 0.15) is 38.4 Å². The van der Waals surface area contributed by atoms with Gasteiger partial charge in [-0.1, -0.05) is 12.1 Å². The van der Waals surface area contributed by atoms with E-state index in [1.165, 1.54) is 21.7 Å². The molecule has 3 heterocycles. The molecule has 0 radical (unpaired) electrons. The Morgan fingerprint density at radius 3 is 2.93 bits per heavy atom. The monoisotopic (exact) mass is 401 g/mol. The summed E-state index contributed by atoms with van der Waals surface area (Å²) in [6, 6.07) is 4.62. The first kappa shape index (κ1) is 19.1. The zero-order valence-corrected chi connectivity index (χ0v) is 15.8. The molecule has 1 fully saturated rings. The fourth-order valence-corrected chi connectivity index (χ4v) is 3.62. The Balaban J connectivity index is 1.61. The van der Waals surface area contributed by atoms with Crippen LogP contribution in [0.25, 0.3) is 0 Å². The minimum Gasteiger partial charge on any atom is -0.503 e. The third kappa shape index (κ3) is 3.38. The number of carbonyl (C=O) groups is 2. The topological polar surface area (TPSA) is 101 Å². The lowest BCUT2D eigenvalue weighted by Crippen LogP contribution is -2.53. The fourth-order valence-electron chi connectivity index (χ4n) is 3.62. The third-order valence-electron chi connectivity index (χ3n) is 5.17. The van der Waals surface area contributed by atoms with Crippen LogP contribution in [0.3, 0.4) is 0 Å². The van der Waals surface area contributed by atoms with Crippen molar-refractivity contribution in [1.82, 2.24) is 14.8 Å². The average molecular weight is 401 g/mol. The van der Waals surface area contributed by atoms with E-state index in [-0.39, 0.29) is 29.9 Å². The summed E-state index contributed by atoms with van der Waals surface area (Å²) < 4.78 is 20.9. The molecule has 0 bridgehead atoms. The summed E-state index contributed by atoms with van der Waals surface area (Å²) in [7, 11) is 0. The van der Waals surface area contributed by atoms with E-state index in [2.05, 4.69) is 5.32 Å². The van der Waals surface area contributed by atoms with Crippen LogP contribution in [0.2, 0.25) is 0 Å². The molecule has 2 aliphatic rings. The van der Waals surface area contributed by atoms with Gasteiger partial charge in [-0.2, -0.15) is 0 Å². The second-order valence-electron chi connectivity index (χ2n) is 7.18. The molecule has 2 amide bonds. The van der Waals surface area contributed by atoms with Crippen molar-refractivity contribution in [3.8, 4) is 5.75 Å². The van der Waals surface area contributed by atoms with Crippen molar-refractivity contribution in [3.05, 3.63) is 62.8 Å². The van der Waals surface area contributed by atoms with E-state index in [4.69, 9.17) is 4.74 Å². The molecule has 8 nitrogen and oxygen atoms in total. The molecule has 2 aliphatic heterocycles. The van der Waals surface area contributed by atoms with E-state index in [9.17, 15) is 23.9 Å². The van der Waals surface area contributed by atoms with Crippen molar-refractivity contribution in [2.75, 3.05) is 13.2 Å². The molecule has 1 atom stereocenters. The van der Waals surface area contributed by atoms with E-state index in [0.29, 0.717) is 19.6 Å². The van der Waals surface area contributed by atoms with Gasteiger partial charge in [-0.15, -0.1) is 0 Å². The van der Waals surface area contributed by atoms with Crippen molar-refractivity contribution in [1.29, 1.82) is 0 Å². The Bertz CT molecular complexity index is 1060.